The van der Waals surface area contributed by atoms with Gasteiger partial charge in [-0.1, -0.05) is 19.1 Å². The standard InChI is InChI=1S/C15H16FNO2/c1-3-9-17-13(7-8-14(17)15(18)19)11-5-4-6-12(16)10(11)2/h4-8H,3,9H2,1-2H3,(H,18,19). The summed E-state index contributed by atoms with van der Waals surface area (Å²) < 4.78 is 15.3. The number of aromatic nitrogens is 1. The highest BCUT2D eigenvalue weighted by molar-refractivity contribution is 5.87. The van der Waals surface area contributed by atoms with Crippen molar-refractivity contribution in [3.63, 3.8) is 0 Å². The summed E-state index contributed by atoms with van der Waals surface area (Å²) in [5.41, 5.74) is 2.26. The van der Waals surface area contributed by atoms with Crippen LogP contribution in [-0.2, 0) is 6.54 Å². The van der Waals surface area contributed by atoms with Crippen LogP contribution in [0.15, 0.2) is 30.3 Å². The zero-order chi connectivity index (χ0) is 14.0. The summed E-state index contributed by atoms with van der Waals surface area (Å²) in [6.45, 7) is 4.28. The molecule has 0 saturated carbocycles. The van der Waals surface area contributed by atoms with Crippen molar-refractivity contribution in [2.45, 2.75) is 26.8 Å². The Morgan fingerprint density at radius 1 is 1.32 bits per heavy atom. The molecule has 0 aliphatic rings. The Bertz CT molecular complexity index is 617. The van der Waals surface area contributed by atoms with Crippen LogP contribution in [0.4, 0.5) is 4.39 Å². The molecule has 0 fully saturated rings. The molecule has 0 atom stereocenters. The van der Waals surface area contributed by atoms with Crippen molar-refractivity contribution < 1.29 is 14.3 Å². The molecule has 1 aromatic heterocycles. The van der Waals surface area contributed by atoms with Gasteiger partial charge >= 0.3 is 5.97 Å². The van der Waals surface area contributed by atoms with Crippen molar-refractivity contribution >= 4 is 5.97 Å². The number of rotatable bonds is 4. The Balaban J connectivity index is 2.62. The second kappa shape index (κ2) is 5.26. The summed E-state index contributed by atoms with van der Waals surface area (Å²) in [5, 5.41) is 9.18. The molecule has 0 amide bonds. The predicted molar refractivity (Wildman–Crippen MR) is 71.8 cm³/mol. The highest BCUT2D eigenvalue weighted by Gasteiger charge is 2.16. The van der Waals surface area contributed by atoms with Crippen molar-refractivity contribution in [2.24, 2.45) is 0 Å². The van der Waals surface area contributed by atoms with Crippen molar-refractivity contribution in [3.05, 3.63) is 47.4 Å². The van der Waals surface area contributed by atoms with Gasteiger partial charge < -0.3 is 9.67 Å². The highest BCUT2D eigenvalue weighted by atomic mass is 19.1. The van der Waals surface area contributed by atoms with Crippen molar-refractivity contribution in [2.75, 3.05) is 0 Å². The molecule has 0 radical (unpaired) electrons. The van der Waals surface area contributed by atoms with Gasteiger partial charge in [0.05, 0.1) is 0 Å². The average Bonchev–Trinajstić information content (AvgIpc) is 2.77. The smallest absolute Gasteiger partial charge is 0.352 e. The monoisotopic (exact) mass is 261 g/mol. The minimum atomic E-state index is -0.964. The number of carboxylic acids is 1. The van der Waals surface area contributed by atoms with Gasteiger partial charge in [0, 0.05) is 17.8 Å². The number of carboxylic acid groups (broad SMARTS) is 1. The van der Waals surface area contributed by atoms with E-state index in [0.717, 1.165) is 17.7 Å². The lowest BCUT2D eigenvalue weighted by Gasteiger charge is -2.12. The molecule has 1 N–H and O–H groups in total. The van der Waals surface area contributed by atoms with Gasteiger partial charge in [-0.2, -0.15) is 0 Å². The molecule has 100 valence electrons. The summed E-state index contributed by atoms with van der Waals surface area (Å²) in [5.74, 6) is -1.24. The molecule has 0 aliphatic heterocycles. The maximum Gasteiger partial charge on any atom is 0.352 e. The van der Waals surface area contributed by atoms with Gasteiger partial charge in [0.2, 0.25) is 0 Å². The zero-order valence-corrected chi connectivity index (χ0v) is 11.0. The fourth-order valence-electron chi connectivity index (χ4n) is 2.24. The third-order valence-electron chi connectivity index (χ3n) is 3.19. The number of hydrogen-bond donors (Lipinski definition) is 1. The fraction of sp³-hybridized carbons (Fsp3) is 0.267. The van der Waals surface area contributed by atoms with Crippen LogP contribution in [-0.4, -0.2) is 15.6 Å². The van der Waals surface area contributed by atoms with Gasteiger partial charge in [0.25, 0.3) is 0 Å². The van der Waals surface area contributed by atoms with E-state index in [1.54, 1.807) is 29.7 Å². The van der Waals surface area contributed by atoms with Crippen LogP contribution >= 0.6 is 0 Å². The summed E-state index contributed by atoms with van der Waals surface area (Å²) in [6.07, 6.45) is 0.816. The number of nitrogens with zero attached hydrogens (tertiary/aromatic N) is 1. The molecule has 0 spiro atoms. The molecule has 1 heterocycles. The minimum Gasteiger partial charge on any atom is -0.477 e. The van der Waals surface area contributed by atoms with Crippen LogP contribution in [0.25, 0.3) is 11.3 Å². The number of benzene rings is 1. The van der Waals surface area contributed by atoms with Crippen LogP contribution < -0.4 is 0 Å². The Morgan fingerprint density at radius 3 is 2.68 bits per heavy atom. The van der Waals surface area contributed by atoms with Crippen LogP contribution in [0.3, 0.4) is 0 Å². The normalized spacial score (nSPS) is 10.7. The third kappa shape index (κ3) is 2.38. The molecule has 3 nitrogen and oxygen atoms in total. The molecule has 0 unspecified atom stereocenters. The van der Waals surface area contributed by atoms with E-state index in [4.69, 9.17) is 0 Å². The molecule has 1 aromatic carbocycles. The average molecular weight is 261 g/mol. The SMILES string of the molecule is CCCn1c(C(=O)O)ccc1-c1cccc(F)c1C. The Kier molecular flexibility index (Phi) is 3.69. The van der Waals surface area contributed by atoms with Gasteiger partial charge in [0.15, 0.2) is 0 Å². The molecule has 2 rings (SSSR count). The molecule has 0 saturated heterocycles. The topological polar surface area (TPSA) is 42.2 Å². The molecule has 4 heteroatoms. The molecular weight excluding hydrogens is 245 g/mol. The first-order chi connectivity index (χ1) is 9.06. The number of aromatic carboxylic acids is 1. The summed E-state index contributed by atoms with van der Waals surface area (Å²) >= 11 is 0. The van der Waals surface area contributed by atoms with Crippen LogP contribution in [0.1, 0.15) is 29.4 Å². The number of halogens is 1. The zero-order valence-electron chi connectivity index (χ0n) is 11.0. The van der Waals surface area contributed by atoms with Crippen molar-refractivity contribution in [1.82, 2.24) is 4.57 Å². The second-order valence-electron chi connectivity index (χ2n) is 4.47. The summed E-state index contributed by atoms with van der Waals surface area (Å²) in [6, 6.07) is 8.16. The van der Waals surface area contributed by atoms with Crippen LogP contribution in [0.5, 0.6) is 0 Å². The van der Waals surface area contributed by atoms with E-state index in [-0.39, 0.29) is 11.5 Å². The molecule has 0 aliphatic carbocycles. The van der Waals surface area contributed by atoms with Gasteiger partial charge in [-0.3, -0.25) is 0 Å². The van der Waals surface area contributed by atoms with Gasteiger partial charge in [-0.25, -0.2) is 9.18 Å². The molecule has 19 heavy (non-hydrogen) atoms. The lowest BCUT2D eigenvalue weighted by Crippen LogP contribution is -2.09. The third-order valence-corrected chi connectivity index (χ3v) is 3.19. The highest BCUT2D eigenvalue weighted by Crippen LogP contribution is 2.27. The minimum absolute atomic E-state index is 0.237. The van der Waals surface area contributed by atoms with Gasteiger partial charge in [-0.05, 0) is 37.1 Å². The predicted octanol–water partition coefficient (Wildman–Crippen LogP) is 3.71. The fourth-order valence-corrected chi connectivity index (χ4v) is 2.24. The van der Waals surface area contributed by atoms with Crippen LogP contribution in [0.2, 0.25) is 0 Å². The molecular formula is C15H16FNO2. The first-order valence-electron chi connectivity index (χ1n) is 6.24. The first kappa shape index (κ1) is 13.3. The lowest BCUT2D eigenvalue weighted by molar-refractivity contribution is 0.0685. The largest absolute Gasteiger partial charge is 0.477 e. The van der Waals surface area contributed by atoms with Crippen molar-refractivity contribution in [3.8, 4) is 11.3 Å². The maximum atomic E-state index is 13.6. The van der Waals surface area contributed by atoms with Gasteiger partial charge in [-0.15, -0.1) is 0 Å². The van der Waals surface area contributed by atoms with E-state index < -0.39 is 5.97 Å². The van der Waals surface area contributed by atoms with Gasteiger partial charge in [0.1, 0.15) is 11.5 Å². The van der Waals surface area contributed by atoms with E-state index in [0.29, 0.717) is 12.1 Å². The number of hydrogen-bond acceptors (Lipinski definition) is 1. The second-order valence-corrected chi connectivity index (χ2v) is 4.47. The Hall–Kier alpha value is -2.10. The molecule has 2 aromatic rings. The maximum absolute atomic E-state index is 13.6. The Morgan fingerprint density at radius 2 is 2.05 bits per heavy atom. The first-order valence-corrected chi connectivity index (χ1v) is 6.24. The quantitative estimate of drug-likeness (QED) is 0.911. The summed E-state index contributed by atoms with van der Waals surface area (Å²) in [4.78, 5) is 11.2. The van der Waals surface area contributed by atoms with E-state index in [9.17, 15) is 14.3 Å². The lowest BCUT2D eigenvalue weighted by atomic mass is 10.1. The molecule has 0 bridgehead atoms. The summed E-state index contributed by atoms with van der Waals surface area (Å²) in [7, 11) is 0. The van der Waals surface area contributed by atoms with Crippen LogP contribution in [0, 0.1) is 12.7 Å². The van der Waals surface area contributed by atoms with E-state index in [1.807, 2.05) is 13.0 Å². The number of carbonyl (C=O) groups is 1. The van der Waals surface area contributed by atoms with E-state index >= 15 is 0 Å². The van der Waals surface area contributed by atoms with E-state index in [2.05, 4.69) is 0 Å². The Labute approximate surface area is 111 Å². The van der Waals surface area contributed by atoms with E-state index in [1.165, 1.54) is 6.07 Å². The van der Waals surface area contributed by atoms with Crippen molar-refractivity contribution in [1.29, 1.82) is 0 Å².